The second-order valence-electron chi connectivity index (χ2n) is 8.83. The van der Waals surface area contributed by atoms with Crippen molar-refractivity contribution in [1.29, 1.82) is 10.8 Å². The summed E-state index contributed by atoms with van der Waals surface area (Å²) in [6.07, 6.45) is 3.14. The quantitative estimate of drug-likeness (QED) is 0.245. The molecule has 0 atom stereocenters. The van der Waals surface area contributed by atoms with Crippen molar-refractivity contribution in [3.63, 3.8) is 0 Å². The Kier molecular flexibility index (Phi) is 5.89. The van der Waals surface area contributed by atoms with E-state index in [1.54, 1.807) is 11.9 Å². The Balaban J connectivity index is 1.49. The summed E-state index contributed by atoms with van der Waals surface area (Å²) in [6.45, 7) is 1.11. The molecule has 1 aliphatic heterocycles. The Bertz CT molecular complexity index is 1620. The second kappa shape index (κ2) is 8.95. The van der Waals surface area contributed by atoms with Crippen molar-refractivity contribution in [2.24, 2.45) is 7.05 Å². The van der Waals surface area contributed by atoms with Crippen LogP contribution < -0.4 is 5.49 Å². The van der Waals surface area contributed by atoms with Crippen molar-refractivity contribution in [3.8, 4) is 11.3 Å². The molecule has 12 heteroatoms. The molecule has 0 bridgehead atoms. The summed E-state index contributed by atoms with van der Waals surface area (Å²) in [5.74, 6) is -8.10. The normalized spacial score (nSPS) is 13.9. The lowest BCUT2D eigenvalue weighted by Gasteiger charge is -2.20. The fraction of sp³-hybridized carbons (Fsp3) is 0.240. The molecule has 5 rings (SSSR count). The van der Waals surface area contributed by atoms with Crippen molar-refractivity contribution in [2.75, 3.05) is 13.1 Å². The largest absolute Gasteiger partial charge is 0.339 e. The van der Waals surface area contributed by atoms with Gasteiger partial charge in [0.15, 0.2) is 5.84 Å². The number of nitrogens with zero attached hydrogens (tertiary/aromatic N) is 5. The number of hydrogen-bond donors (Lipinski definition) is 2. The van der Waals surface area contributed by atoms with Crippen molar-refractivity contribution in [1.82, 2.24) is 24.5 Å². The summed E-state index contributed by atoms with van der Waals surface area (Å²) in [5, 5.41) is 24.3. The maximum atomic E-state index is 15.4. The van der Waals surface area contributed by atoms with Crippen LogP contribution in [-0.4, -0.2) is 49.3 Å². The smallest absolute Gasteiger partial charge is 0.334 e. The number of hydrogen-bond acceptors (Lipinski definition) is 5. The van der Waals surface area contributed by atoms with Gasteiger partial charge in [-0.1, -0.05) is 6.07 Å². The van der Waals surface area contributed by atoms with E-state index in [1.807, 2.05) is 0 Å². The molecule has 2 aromatic heterocycles. The summed E-state index contributed by atoms with van der Waals surface area (Å²) < 4.78 is 61.9. The fourth-order valence-corrected chi connectivity index (χ4v) is 4.36. The van der Waals surface area contributed by atoms with Crippen molar-refractivity contribution in [2.45, 2.75) is 18.8 Å². The average molecular weight is 511 g/mol. The highest BCUT2D eigenvalue weighted by Gasteiger charge is 2.42. The zero-order valence-electron chi connectivity index (χ0n) is 19.6. The van der Waals surface area contributed by atoms with Gasteiger partial charge in [-0.3, -0.25) is 20.3 Å². The fourth-order valence-electron chi connectivity index (χ4n) is 4.36. The van der Waals surface area contributed by atoms with Crippen LogP contribution in [0, 0.1) is 22.5 Å². The number of fused-ring (bicyclic) bond motifs is 1. The van der Waals surface area contributed by atoms with Crippen LogP contribution in [0.4, 0.5) is 17.6 Å². The number of alkyl halides is 2. The summed E-state index contributed by atoms with van der Waals surface area (Å²) in [7, 11) is 1.56. The van der Waals surface area contributed by atoms with E-state index in [-0.39, 0.29) is 27.7 Å². The van der Waals surface area contributed by atoms with E-state index >= 15 is 8.78 Å². The molecule has 1 saturated heterocycles. The summed E-state index contributed by atoms with van der Waals surface area (Å²) in [4.78, 5) is 14.1. The van der Waals surface area contributed by atoms with E-state index in [4.69, 9.17) is 10.8 Å². The van der Waals surface area contributed by atoms with Gasteiger partial charge in [-0.15, -0.1) is 0 Å². The summed E-state index contributed by atoms with van der Waals surface area (Å²) >= 11 is 0. The molecule has 37 heavy (non-hydrogen) atoms. The molecule has 2 aromatic carbocycles. The second-order valence-corrected chi connectivity index (χ2v) is 8.83. The molecule has 0 spiro atoms. The zero-order chi connectivity index (χ0) is 26.5. The van der Waals surface area contributed by atoms with Gasteiger partial charge >= 0.3 is 5.92 Å². The molecule has 2 N–H and O–H groups in total. The minimum atomic E-state index is -4.16. The Morgan fingerprint density at radius 2 is 1.73 bits per heavy atom. The first-order chi connectivity index (χ1) is 17.6. The van der Waals surface area contributed by atoms with Crippen LogP contribution in [-0.2, 0) is 13.0 Å². The third kappa shape index (κ3) is 4.28. The Morgan fingerprint density at radius 1 is 1.00 bits per heavy atom. The lowest BCUT2D eigenvalue weighted by atomic mass is 10.0. The number of carbonyl (C=O) groups is 1. The van der Waals surface area contributed by atoms with Crippen LogP contribution in [0.1, 0.15) is 28.8 Å². The van der Waals surface area contributed by atoms with E-state index in [0.717, 1.165) is 37.1 Å². The minimum Gasteiger partial charge on any atom is -0.339 e. The first-order valence-corrected chi connectivity index (χ1v) is 11.4. The van der Waals surface area contributed by atoms with E-state index in [2.05, 4.69) is 10.2 Å². The first-order valence-electron chi connectivity index (χ1n) is 11.4. The van der Waals surface area contributed by atoms with E-state index < -0.39 is 40.4 Å². The lowest BCUT2D eigenvalue weighted by molar-refractivity contribution is 0.0655. The number of rotatable bonds is 4. The number of aryl methyl sites for hydroxylation is 1. The van der Waals surface area contributed by atoms with Gasteiger partial charge in [0.25, 0.3) is 5.91 Å². The molecular formula is C25H21F4N7O. The molecule has 8 nitrogen and oxygen atoms in total. The van der Waals surface area contributed by atoms with E-state index in [9.17, 15) is 13.6 Å². The van der Waals surface area contributed by atoms with E-state index in [1.165, 1.54) is 29.1 Å². The molecular weight excluding hydrogens is 490 g/mol. The van der Waals surface area contributed by atoms with Gasteiger partial charge in [0.2, 0.25) is 0 Å². The number of nitrogens with one attached hydrogen (secondary N) is 2. The molecule has 1 aliphatic rings. The molecule has 4 aromatic rings. The van der Waals surface area contributed by atoms with Crippen molar-refractivity contribution < 1.29 is 22.4 Å². The molecule has 1 amide bonds. The number of amides is 1. The van der Waals surface area contributed by atoms with E-state index in [0.29, 0.717) is 17.8 Å². The highest BCUT2D eigenvalue weighted by molar-refractivity contribution is 5.95. The third-order valence-corrected chi connectivity index (χ3v) is 6.28. The Hall–Kier alpha value is -4.35. The van der Waals surface area contributed by atoms with Gasteiger partial charge in [-0.05, 0) is 43.2 Å². The number of aromatic nitrogens is 4. The number of benzene rings is 2. The zero-order valence-corrected chi connectivity index (χ0v) is 19.6. The molecule has 0 unspecified atom stereocenters. The molecule has 0 saturated carbocycles. The summed E-state index contributed by atoms with van der Waals surface area (Å²) in [6, 6.07) is 7.96. The Labute approximate surface area is 207 Å². The Morgan fingerprint density at radius 3 is 2.43 bits per heavy atom. The van der Waals surface area contributed by atoms with Gasteiger partial charge in [0.1, 0.15) is 17.1 Å². The number of likely N-dealkylation sites (tertiary alicyclic amines) is 1. The van der Waals surface area contributed by atoms with Crippen LogP contribution >= 0.6 is 0 Å². The van der Waals surface area contributed by atoms with Crippen LogP contribution in [0.3, 0.4) is 0 Å². The van der Waals surface area contributed by atoms with Gasteiger partial charge in [0.05, 0.1) is 22.3 Å². The van der Waals surface area contributed by atoms with Crippen LogP contribution in [0.5, 0.6) is 0 Å². The average Bonchev–Trinajstić information content (AvgIpc) is 3.52. The van der Waals surface area contributed by atoms with Crippen LogP contribution in [0.15, 0.2) is 48.7 Å². The van der Waals surface area contributed by atoms with Crippen LogP contribution in [0.25, 0.3) is 22.2 Å². The monoisotopic (exact) mass is 511 g/mol. The predicted octanol–water partition coefficient (Wildman–Crippen LogP) is 4.05. The predicted molar refractivity (Wildman–Crippen MR) is 126 cm³/mol. The van der Waals surface area contributed by atoms with Gasteiger partial charge in [0, 0.05) is 43.4 Å². The van der Waals surface area contributed by atoms with Gasteiger partial charge in [-0.2, -0.15) is 23.7 Å². The first kappa shape index (κ1) is 24.3. The number of carbonyl (C=O) groups excluding carboxylic acids is 1. The number of halogens is 4. The van der Waals surface area contributed by atoms with Crippen molar-refractivity contribution in [3.05, 3.63) is 76.9 Å². The highest BCUT2D eigenvalue weighted by atomic mass is 19.3. The lowest BCUT2D eigenvalue weighted by Crippen LogP contribution is -2.40. The summed E-state index contributed by atoms with van der Waals surface area (Å²) in [5.41, 5.74) is -1.42. The minimum absolute atomic E-state index is 0.0150. The molecule has 1 fully saturated rings. The van der Waals surface area contributed by atoms with Gasteiger partial charge < -0.3 is 4.90 Å². The standard InChI is InChI=1S/C25H21F4N7O/c1-34-13-15-10-17(19(27)12-21(15)32-34)25(28,29)24(31)36-22(30)7-6-20(33-36)14-4-5-16(18(26)11-14)23(37)35-8-2-3-9-35/h4-7,10-13,30-31H,2-3,8-9H2,1H3. The van der Waals surface area contributed by atoms with Crippen LogP contribution in [0.2, 0.25) is 0 Å². The molecule has 190 valence electrons. The molecule has 3 heterocycles. The topological polar surface area (TPSA) is 104 Å². The van der Waals surface area contributed by atoms with Crippen molar-refractivity contribution >= 4 is 22.6 Å². The molecule has 0 radical (unpaired) electrons. The maximum absolute atomic E-state index is 15.4. The third-order valence-electron chi connectivity index (χ3n) is 6.28. The maximum Gasteiger partial charge on any atom is 0.334 e. The molecule has 0 aliphatic carbocycles. The van der Waals surface area contributed by atoms with Gasteiger partial charge in [-0.25, -0.2) is 8.78 Å². The SMILES string of the molecule is Cn1cc2cc(C(F)(F)C(=N)n3nc(-c4ccc(C(=O)N5CCCC5)c(F)c4)ccc3=N)c(F)cc2n1. The highest BCUT2D eigenvalue weighted by Crippen LogP contribution is 2.34.